The molecule has 142 valence electrons. The van der Waals surface area contributed by atoms with E-state index in [1.54, 1.807) is 30.3 Å². The Bertz CT molecular complexity index is 822. The van der Waals surface area contributed by atoms with E-state index in [1.807, 2.05) is 24.3 Å². The second kappa shape index (κ2) is 9.03. The summed E-state index contributed by atoms with van der Waals surface area (Å²) in [6.45, 7) is 10.1. The van der Waals surface area contributed by atoms with E-state index in [4.69, 9.17) is 4.74 Å². The van der Waals surface area contributed by atoms with E-state index in [-0.39, 0.29) is 23.8 Å². The van der Waals surface area contributed by atoms with E-state index in [2.05, 4.69) is 38.0 Å². The summed E-state index contributed by atoms with van der Waals surface area (Å²) in [4.78, 5) is 24.6. The highest BCUT2D eigenvalue weighted by Gasteiger charge is 2.19. The normalized spacial score (nSPS) is 10.8. The summed E-state index contributed by atoms with van der Waals surface area (Å²) in [7, 11) is 0. The van der Waals surface area contributed by atoms with Crippen molar-refractivity contribution in [1.82, 2.24) is 5.32 Å². The van der Waals surface area contributed by atoms with Crippen molar-refractivity contribution in [2.45, 2.75) is 26.2 Å². The number of amides is 2. The number of ether oxygens (including phenoxy) is 1. The fourth-order valence-corrected chi connectivity index (χ4v) is 2.59. The Balaban J connectivity index is 2.06. The largest absolute Gasteiger partial charge is 0.483 e. The van der Waals surface area contributed by atoms with Crippen molar-refractivity contribution in [3.05, 3.63) is 72.3 Å². The van der Waals surface area contributed by atoms with Crippen molar-refractivity contribution < 1.29 is 14.3 Å². The van der Waals surface area contributed by atoms with Crippen LogP contribution in [0.3, 0.4) is 0 Å². The molecular weight excluding hydrogens is 340 g/mol. The third kappa shape index (κ3) is 5.71. The third-order valence-corrected chi connectivity index (χ3v) is 3.91. The number of carbonyl (C=O) groups excluding carboxylic acids is 2. The van der Waals surface area contributed by atoms with Crippen molar-refractivity contribution in [2.75, 3.05) is 18.5 Å². The molecule has 0 aromatic heterocycles. The molecule has 0 fully saturated rings. The van der Waals surface area contributed by atoms with Crippen LogP contribution >= 0.6 is 0 Å². The number of hydrogen-bond donors (Lipinski definition) is 2. The predicted molar refractivity (Wildman–Crippen MR) is 108 cm³/mol. The molecule has 2 aromatic carbocycles. The summed E-state index contributed by atoms with van der Waals surface area (Å²) in [6.07, 6.45) is 1.60. The van der Waals surface area contributed by atoms with E-state index in [0.717, 1.165) is 5.56 Å². The van der Waals surface area contributed by atoms with Crippen molar-refractivity contribution in [2.24, 2.45) is 0 Å². The molecule has 0 unspecified atom stereocenters. The summed E-state index contributed by atoms with van der Waals surface area (Å²) >= 11 is 0. The number of carbonyl (C=O) groups is 2. The Morgan fingerprint density at radius 2 is 1.74 bits per heavy atom. The van der Waals surface area contributed by atoms with E-state index in [1.165, 1.54) is 0 Å². The second-order valence-corrected chi connectivity index (χ2v) is 7.13. The maximum absolute atomic E-state index is 12.4. The fraction of sp³-hybridized carbons (Fsp3) is 0.273. The van der Waals surface area contributed by atoms with Crippen LogP contribution in [0.1, 0.15) is 36.7 Å². The first-order valence-corrected chi connectivity index (χ1v) is 8.83. The van der Waals surface area contributed by atoms with Crippen molar-refractivity contribution >= 4 is 17.5 Å². The van der Waals surface area contributed by atoms with E-state index < -0.39 is 0 Å². The Hall–Kier alpha value is -3.08. The topological polar surface area (TPSA) is 67.4 Å². The minimum absolute atomic E-state index is 0.0943. The van der Waals surface area contributed by atoms with Crippen molar-refractivity contribution in [3.8, 4) is 5.75 Å². The first-order chi connectivity index (χ1) is 12.8. The number of nitrogens with one attached hydrogen (secondary N) is 2. The lowest BCUT2D eigenvalue weighted by atomic mass is 9.86. The van der Waals surface area contributed by atoms with Crippen molar-refractivity contribution in [1.29, 1.82) is 0 Å². The van der Waals surface area contributed by atoms with Gasteiger partial charge in [0.1, 0.15) is 5.75 Å². The Morgan fingerprint density at radius 1 is 1.07 bits per heavy atom. The van der Waals surface area contributed by atoms with Gasteiger partial charge in [0, 0.05) is 6.54 Å². The molecule has 2 N–H and O–H groups in total. The van der Waals surface area contributed by atoms with Gasteiger partial charge in [-0.15, -0.1) is 6.58 Å². The molecule has 2 rings (SSSR count). The molecule has 0 aliphatic carbocycles. The molecule has 5 heteroatoms. The van der Waals surface area contributed by atoms with Crippen LogP contribution in [0.2, 0.25) is 0 Å². The van der Waals surface area contributed by atoms with Gasteiger partial charge in [-0.2, -0.15) is 0 Å². The minimum Gasteiger partial charge on any atom is -0.483 e. The van der Waals surface area contributed by atoms with Gasteiger partial charge in [0.2, 0.25) is 0 Å². The third-order valence-electron chi connectivity index (χ3n) is 3.91. The maximum atomic E-state index is 12.4. The Morgan fingerprint density at radius 3 is 2.44 bits per heavy atom. The van der Waals surface area contributed by atoms with Crippen LogP contribution in [0.4, 0.5) is 5.69 Å². The van der Waals surface area contributed by atoms with Gasteiger partial charge in [-0.05, 0) is 29.2 Å². The minimum atomic E-state index is -0.331. The molecule has 0 heterocycles. The lowest BCUT2D eigenvalue weighted by molar-refractivity contribution is -0.118. The molecule has 0 saturated heterocycles. The standard InChI is InChI=1S/C22H26N2O3/c1-5-14-23-21(26)16-10-6-8-12-18(16)24-20(25)15-27-19-13-9-7-11-17(19)22(2,3)4/h5-13H,1,14-15H2,2-4H3,(H,23,26)(H,24,25). The monoisotopic (exact) mass is 366 g/mol. The Labute approximate surface area is 160 Å². The van der Waals surface area contributed by atoms with E-state index in [9.17, 15) is 9.59 Å². The van der Waals surface area contributed by atoms with Crippen molar-refractivity contribution in [3.63, 3.8) is 0 Å². The molecule has 0 aliphatic rings. The van der Waals surface area contributed by atoms with Gasteiger partial charge in [-0.1, -0.05) is 57.2 Å². The zero-order valence-electron chi connectivity index (χ0n) is 16.0. The number of para-hydroxylation sites is 2. The molecule has 2 amide bonds. The molecule has 0 radical (unpaired) electrons. The molecule has 5 nitrogen and oxygen atoms in total. The molecule has 0 aliphatic heterocycles. The van der Waals surface area contributed by atoms with Gasteiger partial charge in [-0.25, -0.2) is 0 Å². The molecule has 0 saturated carbocycles. The lowest BCUT2D eigenvalue weighted by Gasteiger charge is -2.22. The number of anilines is 1. The number of rotatable bonds is 7. The van der Waals surface area contributed by atoms with E-state index in [0.29, 0.717) is 23.5 Å². The van der Waals surface area contributed by atoms with Gasteiger partial charge in [-0.3, -0.25) is 9.59 Å². The summed E-state index contributed by atoms with van der Waals surface area (Å²) in [5.41, 5.74) is 1.77. The number of benzene rings is 2. The zero-order valence-corrected chi connectivity index (χ0v) is 16.0. The summed E-state index contributed by atoms with van der Waals surface area (Å²) in [6, 6.07) is 14.5. The molecule has 0 spiro atoms. The highest BCUT2D eigenvalue weighted by molar-refractivity contribution is 6.04. The molecule has 0 bridgehead atoms. The second-order valence-electron chi connectivity index (χ2n) is 7.13. The van der Waals surface area contributed by atoms with Gasteiger partial charge >= 0.3 is 0 Å². The van der Waals surface area contributed by atoms with Gasteiger partial charge in [0.25, 0.3) is 11.8 Å². The molecule has 2 aromatic rings. The average molecular weight is 366 g/mol. The number of hydrogen-bond acceptors (Lipinski definition) is 3. The molecular formula is C22H26N2O3. The quantitative estimate of drug-likeness (QED) is 0.730. The van der Waals surface area contributed by atoms with Crippen LogP contribution in [0.15, 0.2) is 61.2 Å². The van der Waals surface area contributed by atoms with Crippen LogP contribution in [-0.4, -0.2) is 25.0 Å². The van der Waals surface area contributed by atoms with Gasteiger partial charge in [0.05, 0.1) is 11.3 Å². The van der Waals surface area contributed by atoms with Gasteiger partial charge < -0.3 is 15.4 Å². The first kappa shape index (κ1) is 20.2. The van der Waals surface area contributed by atoms with E-state index >= 15 is 0 Å². The predicted octanol–water partition coefficient (Wildman–Crippen LogP) is 3.92. The first-order valence-electron chi connectivity index (χ1n) is 8.83. The lowest BCUT2D eigenvalue weighted by Crippen LogP contribution is -2.26. The maximum Gasteiger partial charge on any atom is 0.262 e. The smallest absolute Gasteiger partial charge is 0.262 e. The summed E-state index contributed by atoms with van der Waals surface area (Å²) < 4.78 is 5.74. The highest BCUT2D eigenvalue weighted by atomic mass is 16.5. The fourth-order valence-electron chi connectivity index (χ4n) is 2.59. The summed E-state index contributed by atoms with van der Waals surface area (Å²) in [5, 5.41) is 5.45. The van der Waals surface area contributed by atoms with Crippen LogP contribution in [0.5, 0.6) is 5.75 Å². The SMILES string of the molecule is C=CCNC(=O)c1ccccc1NC(=O)COc1ccccc1C(C)(C)C. The van der Waals surface area contributed by atoms with Gasteiger partial charge in [0.15, 0.2) is 6.61 Å². The highest BCUT2D eigenvalue weighted by Crippen LogP contribution is 2.30. The van der Waals surface area contributed by atoms with Crippen LogP contribution in [0.25, 0.3) is 0 Å². The van der Waals surface area contributed by atoms with Crippen LogP contribution in [-0.2, 0) is 10.2 Å². The molecule has 27 heavy (non-hydrogen) atoms. The molecule has 0 atom stereocenters. The van der Waals surface area contributed by atoms with Crippen LogP contribution in [0, 0.1) is 0 Å². The zero-order chi connectivity index (χ0) is 19.9. The Kier molecular flexibility index (Phi) is 6.77. The summed E-state index contributed by atoms with van der Waals surface area (Å²) in [5.74, 6) is 0.0737. The van der Waals surface area contributed by atoms with Crippen LogP contribution < -0.4 is 15.4 Å². The average Bonchev–Trinajstić information content (AvgIpc) is 2.64.